The fraction of sp³-hybridized carbons (Fsp3) is 0.778. The van der Waals surface area contributed by atoms with Gasteiger partial charge in [-0.1, -0.05) is 26.8 Å². The second-order valence-electron chi connectivity index (χ2n) is 12.2. The Kier molecular flexibility index (Phi) is 7.70. The summed E-state index contributed by atoms with van der Waals surface area (Å²) in [4.78, 5) is 51.2. The molecule has 0 bridgehead atoms. The van der Waals surface area contributed by atoms with Gasteiger partial charge in [0.15, 0.2) is 24.1 Å². The molecule has 2 saturated carbocycles. The lowest BCUT2D eigenvalue weighted by molar-refractivity contribution is -0.371. The van der Waals surface area contributed by atoms with E-state index in [2.05, 4.69) is 6.58 Å². The van der Waals surface area contributed by atoms with Gasteiger partial charge in [-0.3, -0.25) is 14.4 Å². The lowest BCUT2D eigenvalue weighted by Gasteiger charge is -2.71. The van der Waals surface area contributed by atoms with Crippen molar-refractivity contribution in [1.82, 2.24) is 0 Å². The molecule has 11 nitrogen and oxygen atoms in total. The molecule has 0 radical (unpaired) electrons. The van der Waals surface area contributed by atoms with E-state index < -0.39 is 88.2 Å². The van der Waals surface area contributed by atoms with Crippen LogP contribution in [0.4, 0.5) is 0 Å². The third-order valence-corrected chi connectivity index (χ3v) is 8.97. The van der Waals surface area contributed by atoms with Crippen LogP contribution in [0.1, 0.15) is 67.7 Å². The molecule has 1 saturated heterocycles. The molecule has 9 atom stereocenters. The van der Waals surface area contributed by atoms with Crippen LogP contribution in [-0.4, -0.2) is 81.7 Å². The number of Topliss-reactive ketones (excluding diaryl/α,β-unsaturated/α-hetero) is 1. The molecule has 0 aromatic rings. The minimum absolute atomic E-state index is 0.234. The molecule has 1 aliphatic heterocycles. The number of aliphatic hydroxyl groups is 2. The Morgan fingerprint density at radius 3 is 2.34 bits per heavy atom. The van der Waals surface area contributed by atoms with Crippen molar-refractivity contribution < 1.29 is 48.3 Å². The Balaban J connectivity index is 2.24. The maximum absolute atomic E-state index is 13.9. The van der Waals surface area contributed by atoms with Gasteiger partial charge in [0, 0.05) is 24.7 Å². The second-order valence-corrected chi connectivity index (χ2v) is 12.2. The average molecular weight is 540 g/mol. The van der Waals surface area contributed by atoms with Gasteiger partial charge in [0.05, 0.1) is 11.7 Å². The van der Waals surface area contributed by atoms with Crippen molar-refractivity contribution in [3.8, 4) is 0 Å². The van der Waals surface area contributed by atoms with Crippen molar-refractivity contribution in [3.63, 3.8) is 0 Å². The number of carbonyl (C=O) groups is 4. The summed E-state index contributed by atoms with van der Waals surface area (Å²) in [6, 6.07) is -0.964. The van der Waals surface area contributed by atoms with Gasteiger partial charge in [0.1, 0.15) is 17.7 Å². The molecule has 4 N–H and O–H groups in total. The number of ether oxygens (including phenoxy) is 4. The van der Waals surface area contributed by atoms with E-state index in [1.165, 1.54) is 19.9 Å². The van der Waals surface area contributed by atoms with E-state index in [9.17, 15) is 29.4 Å². The van der Waals surface area contributed by atoms with Crippen LogP contribution in [0.5, 0.6) is 0 Å². The molecule has 214 valence electrons. The van der Waals surface area contributed by atoms with E-state index in [0.717, 1.165) is 6.92 Å². The van der Waals surface area contributed by atoms with Gasteiger partial charge in [-0.25, -0.2) is 4.79 Å². The lowest BCUT2D eigenvalue weighted by Crippen LogP contribution is -2.87. The summed E-state index contributed by atoms with van der Waals surface area (Å²) >= 11 is 0. The van der Waals surface area contributed by atoms with Crippen LogP contribution in [0.15, 0.2) is 12.7 Å². The zero-order valence-corrected chi connectivity index (χ0v) is 23.2. The normalized spacial score (nSPS) is 42.6. The molecule has 11 heteroatoms. The summed E-state index contributed by atoms with van der Waals surface area (Å²) in [7, 11) is 0. The highest BCUT2D eigenvalue weighted by Crippen LogP contribution is 2.67. The van der Waals surface area contributed by atoms with Gasteiger partial charge in [-0.15, -0.1) is 6.58 Å². The van der Waals surface area contributed by atoms with E-state index in [-0.39, 0.29) is 12.8 Å². The summed E-state index contributed by atoms with van der Waals surface area (Å²) in [6.45, 7) is 13.9. The fourth-order valence-electron chi connectivity index (χ4n) is 7.19. The monoisotopic (exact) mass is 539 g/mol. The average Bonchev–Trinajstić information content (AvgIpc) is 2.80. The Labute approximate surface area is 223 Å². The summed E-state index contributed by atoms with van der Waals surface area (Å²) in [6.07, 6.45) is -2.05. The number of hydrogen-bond donors (Lipinski definition) is 3. The third-order valence-electron chi connectivity index (χ3n) is 8.97. The number of fused-ring (bicyclic) bond motifs is 3. The standard InChI is InChI=1S/C27H41NO10/c1-9-24(6)12-17(31)27(34)25(7)16(30)10-11-23(4,5)20(25)19(21(36-15(3)29)26(27,8)38-24)37-18(32)13-35-22(33)14(2)28/h9,14,16,19-21,30,34H,1,10-13,28H2,2-8H3/t14-,16-,19-,20-,21-,24-,25-,26+,27-/m0/s1. The second kappa shape index (κ2) is 9.69. The quantitative estimate of drug-likeness (QED) is 0.249. The molecule has 3 fully saturated rings. The van der Waals surface area contributed by atoms with Gasteiger partial charge in [0.2, 0.25) is 0 Å². The van der Waals surface area contributed by atoms with E-state index in [1.54, 1.807) is 13.8 Å². The van der Waals surface area contributed by atoms with Gasteiger partial charge < -0.3 is 34.9 Å². The maximum atomic E-state index is 13.9. The van der Waals surface area contributed by atoms with Crippen molar-refractivity contribution in [2.75, 3.05) is 6.61 Å². The lowest BCUT2D eigenvalue weighted by atomic mass is 9.39. The Bertz CT molecular complexity index is 1030. The smallest absolute Gasteiger partial charge is 0.344 e. The summed E-state index contributed by atoms with van der Waals surface area (Å²) in [5.41, 5.74) is -2.36. The zero-order valence-electron chi connectivity index (χ0n) is 23.2. The van der Waals surface area contributed by atoms with Crippen molar-refractivity contribution in [3.05, 3.63) is 12.7 Å². The van der Waals surface area contributed by atoms with Gasteiger partial charge in [-0.2, -0.15) is 0 Å². The van der Waals surface area contributed by atoms with E-state index in [4.69, 9.17) is 24.7 Å². The first kappa shape index (κ1) is 30.2. The molecule has 2 aliphatic carbocycles. The summed E-state index contributed by atoms with van der Waals surface area (Å²) in [5, 5.41) is 23.9. The van der Waals surface area contributed by atoms with Gasteiger partial charge >= 0.3 is 17.9 Å². The fourth-order valence-corrected chi connectivity index (χ4v) is 7.19. The number of aliphatic hydroxyl groups excluding tert-OH is 1. The molecule has 0 aromatic heterocycles. The number of carbonyl (C=O) groups excluding carboxylic acids is 4. The Hall–Kier alpha value is -2.34. The van der Waals surface area contributed by atoms with Crippen LogP contribution < -0.4 is 5.73 Å². The van der Waals surface area contributed by atoms with Gasteiger partial charge in [-0.05, 0) is 39.0 Å². The van der Waals surface area contributed by atoms with Gasteiger partial charge in [0.25, 0.3) is 0 Å². The van der Waals surface area contributed by atoms with E-state index in [1.807, 2.05) is 13.8 Å². The van der Waals surface area contributed by atoms with E-state index >= 15 is 0 Å². The summed E-state index contributed by atoms with van der Waals surface area (Å²) in [5.74, 6) is -4.02. The molecule has 3 aliphatic rings. The number of hydrogen-bond acceptors (Lipinski definition) is 11. The first-order valence-electron chi connectivity index (χ1n) is 12.9. The molecule has 0 spiro atoms. The SMILES string of the molecule is C=C[C@@]1(C)CC(=O)[C@]2(O)[C@@]3(C)[C@@H](O)CCC(C)(C)[C@@H]3[C@H](OC(=O)COC(=O)[C@H](C)N)[C@H](OC(C)=O)[C@@]2(C)O1. The topological polar surface area (TPSA) is 172 Å². The number of nitrogens with two attached hydrogens (primary N) is 1. The van der Waals surface area contributed by atoms with Crippen LogP contribution in [-0.2, 0) is 38.1 Å². The van der Waals surface area contributed by atoms with Crippen LogP contribution in [0, 0.1) is 16.7 Å². The molecule has 0 amide bonds. The number of ketones is 1. The molecule has 0 unspecified atom stereocenters. The first-order chi connectivity index (χ1) is 17.3. The maximum Gasteiger partial charge on any atom is 0.344 e. The van der Waals surface area contributed by atoms with E-state index in [0.29, 0.717) is 6.42 Å². The van der Waals surface area contributed by atoms with Crippen LogP contribution in [0.3, 0.4) is 0 Å². The van der Waals surface area contributed by atoms with Crippen molar-refractivity contribution in [1.29, 1.82) is 0 Å². The third kappa shape index (κ3) is 4.37. The molecule has 38 heavy (non-hydrogen) atoms. The number of esters is 3. The van der Waals surface area contributed by atoms with Crippen LogP contribution in [0.2, 0.25) is 0 Å². The van der Waals surface area contributed by atoms with Crippen LogP contribution in [0.25, 0.3) is 0 Å². The molecule has 3 rings (SSSR count). The molecule has 0 aromatic carbocycles. The Morgan fingerprint density at radius 2 is 1.82 bits per heavy atom. The minimum Gasteiger partial charge on any atom is -0.455 e. The zero-order chi connectivity index (χ0) is 29.1. The van der Waals surface area contributed by atoms with Crippen molar-refractivity contribution in [2.45, 2.75) is 109 Å². The van der Waals surface area contributed by atoms with Crippen molar-refractivity contribution in [2.24, 2.45) is 22.5 Å². The summed E-state index contributed by atoms with van der Waals surface area (Å²) < 4.78 is 22.9. The molecular weight excluding hydrogens is 498 g/mol. The largest absolute Gasteiger partial charge is 0.455 e. The number of rotatable bonds is 6. The minimum atomic E-state index is -2.34. The first-order valence-corrected chi connectivity index (χ1v) is 12.9. The molecule has 1 heterocycles. The predicted octanol–water partition coefficient (Wildman–Crippen LogP) is 0.961. The highest BCUT2D eigenvalue weighted by atomic mass is 16.6. The van der Waals surface area contributed by atoms with Crippen LogP contribution >= 0.6 is 0 Å². The highest BCUT2D eigenvalue weighted by molar-refractivity contribution is 5.92. The highest BCUT2D eigenvalue weighted by Gasteiger charge is 2.82. The predicted molar refractivity (Wildman–Crippen MR) is 133 cm³/mol. The molecular formula is C27H41NO10. The van der Waals surface area contributed by atoms with Crippen molar-refractivity contribution >= 4 is 23.7 Å². The Morgan fingerprint density at radius 1 is 1.21 bits per heavy atom.